The number of rotatable bonds is 2. The molecule has 0 bridgehead atoms. The number of aromatic amines is 1. The molecule has 11 heavy (non-hydrogen) atoms. The third kappa shape index (κ3) is 1.54. The first-order valence-electron chi connectivity index (χ1n) is 2.96. The Bertz CT molecular complexity index is 297. The number of aromatic nitrogens is 2. The van der Waals surface area contributed by atoms with Gasteiger partial charge in [-0.05, 0) is 0 Å². The predicted molar refractivity (Wildman–Crippen MR) is 36.2 cm³/mol. The average molecular weight is 158 g/mol. The van der Waals surface area contributed by atoms with Crippen molar-refractivity contribution >= 4 is 0 Å². The molecule has 4 nitrogen and oxygen atoms in total. The van der Waals surface area contributed by atoms with Crippen LogP contribution < -0.4 is 10.3 Å². The van der Waals surface area contributed by atoms with Gasteiger partial charge in [-0.3, -0.25) is 4.79 Å². The van der Waals surface area contributed by atoms with E-state index in [4.69, 9.17) is 0 Å². The van der Waals surface area contributed by atoms with Crippen LogP contribution in [0.3, 0.4) is 0 Å². The van der Waals surface area contributed by atoms with Crippen LogP contribution in [0.25, 0.3) is 0 Å². The SMILES string of the molecule is COc1cnc(CF)[nH]c1=O. The van der Waals surface area contributed by atoms with Gasteiger partial charge in [0.1, 0.15) is 12.5 Å². The zero-order chi connectivity index (χ0) is 8.27. The molecule has 1 heterocycles. The zero-order valence-electron chi connectivity index (χ0n) is 5.93. The van der Waals surface area contributed by atoms with Crippen LogP contribution in [0.4, 0.5) is 4.39 Å². The lowest BCUT2D eigenvalue weighted by molar-refractivity contribution is 0.401. The lowest BCUT2D eigenvalue weighted by atomic mass is 10.5. The van der Waals surface area contributed by atoms with Gasteiger partial charge in [0.25, 0.3) is 5.56 Å². The highest BCUT2D eigenvalue weighted by Gasteiger charge is 2.00. The van der Waals surface area contributed by atoms with Gasteiger partial charge in [-0.15, -0.1) is 0 Å². The fourth-order valence-corrected chi connectivity index (χ4v) is 0.633. The van der Waals surface area contributed by atoms with Crippen LogP contribution in [0.5, 0.6) is 5.75 Å². The lowest BCUT2D eigenvalue weighted by Crippen LogP contribution is -2.12. The second-order valence-electron chi connectivity index (χ2n) is 1.86. The van der Waals surface area contributed by atoms with E-state index >= 15 is 0 Å². The largest absolute Gasteiger partial charge is 0.490 e. The Morgan fingerprint density at radius 1 is 1.82 bits per heavy atom. The molecule has 1 N–H and O–H groups in total. The highest BCUT2D eigenvalue weighted by atomic mass is 19.1. The number of alkyl halides is 1. The van der Waals surface area contributed by atoms with Crippen molar-refractivity contribution < 1.29 is 9.13 Å². The smallest absolute Gasteiger partial charge is 0.293 e. The Hall–Kier alpha value is -1.39. The van der Waals surface area contributed by atoms with Gasteiger partial charge in [0.15, 0.2) is 0 Å². The van der Waals surface area contributed by atoms with Crippen molar-refractivity contribution in [3.05, 3.63) is 22.4 Å². The first kappa shape index (κ1) is 7.71. The van der Waals surface area contributed by atoms with Gasteiger partial charge in [0.05, 0.1) is 13.3 Å². The molecule has 0 unspecified atom stereocenters. The molecule has 0 spiro atoms. The first-order valence-corrected chi connectivity index (χ1v) is 2.96. The van der Waals surface area contributed by atoms with E-state index in [0.29, 0.717) is 0 Å². The summed E-state index contributed by atoms with van der Waals surface area (Å²) < 4.78 is 16.5. The highest BCUT2D eigenvalue weighted by molar-refractivity contribution is 5.12. The molecule has 0 aliphatic heterocycles. The molecule has 60 valence electrons. The summed E-state index contributed by atoms with van der Waals surface area (Å²) in [5, 5.41) is 0. The second kappa shape index (κ2) is 3.14. The molecule has 0 aliphatic rings. The third-order valence-electron chi connectivity index (χ3n) is 1.17. The fraction of sp³-hybridized carbons (Fsp3) is 0.333. The molecular formula is C6H7FN2O2. The van der Waals surface area contributed by atoms with Crippen molar-refractivity contribution in [2.75, 3.05) is 7.11 Å². The quantitative estimate of drug-likeness (QED) is 0.671. The molecule has 5 heteroatoms. The van der Waals surface area contributed by atoms with E-state index in [0.717, 1.165) is 0 Å². The molecule has 0 atom stereocenters. The fourth-order valence-electron chi connectivity index (χ4n) is 0.633. The summed E-state index contributed by atoms with van der Waals surface area (Å²) in [6, 6.07) is 0. The number of ether oxygens (including phenoxy) is 1. The molecule has 1 aromatic heterocycles. The van der Waals surface area contributed by atoms with Crippen LogP contribution in [0.2, 0.25) is 0 Å². The van der Waals surface area contributed by atoms with E-state index in [9.17, 15) is 9.18 Å². The van der Waals surface area contributed by atoms with E-state index in [1.54, 1.807) is 0 Å². The van der Waals surface area contributed by atoms with Crippen LogP contribution in [-0.4, -0.2) is 17.1 Å². The average Bonchev–Trinajstić information content (AvgIpc) is 2.04. The van der Waals surface area contributed by atoms with Gasteiger partial charge in [-0.25, -0.2) is 9.37 Å². The summed E-state index contributed by atoms with van der Waals surface area (Å²) in [6.07, 6.45) is 1.19. The molecule has 0 amide bonds. The van der Waals surface area contributed by atoms with Gasteiger partial charge in [-0.2, -0.15) is 0 Å². The summed E-state index contributed by atoms with van der Waals surface area (Å²) in [6.45, 7) is -0.779. The van der Waals surface area contributed by atoms with Crippen molar-refractivity contribution in [2.45, 2.75) is 6.67 Å². The summed E-state index contributed by atoms with van der Waals surface area (Å²) in [5.41, 5.74) is -0.463. The van der Waals surface area contributed by atoms with Crippen molar-refractivity contribution in [2.24, 2.45) is 0 Å². The number of nitrogens with zero attached hydrogens (tertiary/aromatic N) is 1. The normalized spacial score (nSPS) is 9.64. The molecule has 1 rings (SSSR count). The molecule has 1 aromatic rings. The lowest BCUT2D eigenvalue weighted by Gasteiger charge is -1.97. The predicted octanol–water partition coefficient (Wildman–Crippen LogP) is 0.248. The molecule has 0 fully saturated rings. The summed E-state index contributed by atoms with van der Waals surface area (Å²) in [7, 11) is 1.35. The second-order valence-corrected chi connectivity index (χ2v) is 1.86. The minimum Gasteiger partial charge on any atom is -0.490 e. The van der Waals surface area contributed by atoms with Crippen molar-refractivity contribution in [3.8, 4) is 5.75 Å². The monoisotopic (exact) mass is 158 g/mol. The van der Waals surface area contributed by atoms with Crippen molar-refractivity contribution in [1.82, 2.24) is 9.97 Å². The van der Waals surface area contributed by atoms with E-state index in [-0.39, 0.29) is 11.6 Å². The molecule has 0 radical (unpaired) electrons. The Kier molecular flexibility index (Phi) is 2.20. The van der Waals surface area contributed by atoms with Crippen LogP contribution in [-0.2, 0) is 6.67 Å². The van der Waals surface area contributed by atoms with Crippen LogP contribution in [0.1, 0.15) is 5.82 Å². The van der Waals surface area contributed by atoms with Gasteiger partial charge in [-0.1, -0.05) is 0 Å². The van der Waals surface area contributed by atoms with Crippen molar-refractivity contribution in [3.63, 3.8) is 0 Å². The third-order valence-corrected chi connectivity index (χ3v) is 1.17. The number of halogens is 1. The summed E-state index contributed by atoms with van der Waals surface area (Å²) >= 11 is 0. The number of hydrogen-bond acceptors (Lipinski definition) is 3. The van der Waals surface area contributed by atoms with Gasteiger partial charge in [0, 0.05) is 0 Å². The van der Waals surface area contributed by atoms with Gasteiger partial charge >= 0.3 is 0 Å². The molecule has 0 aromatic carbocycles. The summed E-state index contributed by atoms with van der Waals surface area (Å²) in [4.78, 5) is 16.6. The van der Waals surface area contributed by atoms with E-state index < -0.39 is 12.2 Å². The highest BCUT2D eigenvalue weighted by Crippen LogP contribution is 1.97. The van der Waals surface area contributed by atoms with Crippen LogP contribution >= 0.6 is 0 Å². The minimum atomic E-state index is -0.779. The Balaban J connectivity index is 3.10. The number of hydrogen-bond donors (Lipinski definition) is 1. The maximum atomic E-state index is 11.9. The molecule has 0 saturated carbocycles. The Labute approximate surface area is 62.0 Å². The number of nitrogens with one attached hydrogen (secondary N) is 1. The molecular weight excluding hydrogens is 151 g/mol. The maximum Gasteiger partial charge on any atom is 0.293 e. The molecule has 0 saturated heterocycles. The number of H-pyrrole nitrogens is 1. The Morgan fingerprint density at radius 3 is 3.00 bits per heavy atom. The van der Waals surface area contributed by atoms with Gasteiger partial charge in [0.2, 0.25) is 5.75 Å². The zero-order valence-corrected chi connectivity index (χ0v) is 5.93. The van der Waals surface area contributed by atoms with Gasteiger partial charge < -0.3 is 9.72 Å². The molecule has 0 aliphatic carbocycles. The van der Waals surface area contributed by atoms with Crippen LogP contribution in [0.15, 0.2) is 11.0 Å². The first-order chi connectivity index (χ1) is 5.27. The van der Waals surface area contributed by atoms with E-state index in [2.05, 4.69) is 14.7 Å². The van der Waals surface area contributed by atoms with Crippen LogP contribution in [0, 0.1) is 0 Å². The van der Waals surface area contributed by atoms with E-state index in [1.165, 1.54) is 13.3 Å². The summed E-state index contributed by atoms with van der Waals surface area (Å²) in [5.74, 6) is 0.0954. The maximum absolute atomic E-state index is 11.9. The van der Waals surface area contributed by atoms with Crippen molar-refractivity contribution in [1.29, 1.82) is 0 Å². The topological polar surface area (TPSA) is 55.0 Å². The minimum absolute atomic E-state index is 0.0100. The number of methoxy groups -OCH3 is 1. The van der Waals surface area contributed by atoms with E-state index in [1.807, 2.05) is 0 Å². The standard InChI is InChI=1S/C6H7FN2O2/c1-11-4-3-8-5(2-7)9-6(4)10/h3H,2H2,1H3,(H,8,9,10). The Morgan fingerprint density at radius 2 is 2.55 bits per heavy atom.